The molecule has 3 aromatic carbocycles. The topological polar surface area (TPSA) is 64.5 Å². The first-order chi connectivity index (χ1) is 16.6. The van der Waals surface area contributed by atoms with E-state index in [1.807, 2.05) is 73.7 Å². The molecule has 0 fully saturated rings. The summed E-state index contributed by atoms with van der Waals surface area (Å²) in [7, 11) is 1.62. The average molecular weight is 470 g/mol. The molecule has 5 aromatic rings. The molecule has 0 N–H and O–H groups in total. The standard InChI is InChI=1S/C27H23N3O3S/c1-18-9-12-23(32-2)25-26(18)34-27(29-25)30(16-19-6-5-13-28-15-19)24(31)17-33-22-11-10-20-7-3-4-8-21(20)14-22/h3-15H,16-17H2,1-2H3. The van der Waals surface area contributed by atoms with Gasteiger partial charge in [-0.1, -0.05) is 53.8 Å². The van der Waals surface area contributed by atoms with Crippen LogP contribution in [0.15, 0.2) is 79.1 Å². The van der Waals surface area contributed by atoms with Gasteiger partial charge in [0.2, 0.25) is 0 Å². The number of ether oxygens (including phenoxy) is 2. The Morgan fingerprint density at radius 3 is 2.68 bits per heavy atom. The monoisotopic (exact) mass is 469 g/mol. The van der Waals surface area contributed by atoms with Crippen LogP contribution in [0.2, 0.25) is 0 Å². The Hall–Kier alpha value is -3.97. The van der Waals surface area contributed by atoms with Gasteiger partial charge in [0.15, 0.2) is 11.7 Å². The number of rotatable bonds is 7. The zero-order valence-corrected chi connectivity index (χ0v) is 19.7. The van der Waals surface area contributed by atoms with Crippen LogP contribution in [-0.2, 0) is 11.3 Å². The predicted octanol–water partition coefficient (Wildman–Crippen LogP) is 5.77. The number of thiazole rings is 1. The number of hydrogen-bond donors (Lipinski definition) is 0. The molecule has 0 saturated carbocycles. The maximum Gasteiger partial charge on any atom is 0.267 e. The number of anilines is 1. The van der Waals surface area contributed by atoms with Crippen molar-refractivity contribution in [2.75, 3.05) is 18.6 Å². The average Bonchev–Trinajstić information content (AvgIpc) is 3.33. The fourth-order valence-electron chi connectivity index (χ4n) is 3.80. The van der Waals surface area contributed by atoms with E-state index in [1.165, 1.54) is 11.3 Å². The second kappa shape index (κ2) is 9.49. The Labute approximate surface area is 201 Å². The van der Waals surface area contributed by atoms with Crippen molar-refractivity contribution in [2.45, 2.75) is 13.5 Å². The molecular weight excluding hydrogens is 446 g/mol. The molecule has 0 aliphatic rings. The summed E-state index contributed by atoms with van der Waals surface area (Å²) in [5.41, 5.74) is 2.74. The molecule has 0 atom stereocenters. The molecule has 0 spiro atoms. The number of hydrogen-bond acceptors (Lipinski definition) is 6. The van der Waals surface area contributed by atoms with Gasteiger partial charge in [0.25, 0.3) is 5.91 Å². The van der Waals surface area contributed by atoms with Gasteiger partial charge in [-0.05, 0) is 53.1 Å². The third kappa shape index (κ3) is 4.43. The summed E-state index contributed by atoms with van der Waals surface area (Å²) in [5, 5.41) is 2.78. The van der Waals surface area contributed by atoms with Crippen LogP contribution in [0.5, 0.6) is 11.5 Å². The summed E-state index contributed by atoms with van der Waals surface area (Å²) in [6.07, 6.45) is 3.47. The molecule has 2 aromatic heterocycles. The van der Waals surface area contributed by atoms with E-state index in [-0.39, 0.29) is 12.5 Å². The molecule has 170 valence electrons. The highest BCUT2D eigenvalue weighted by molar-refractivity contribution is 7.22. The summed E-state index contributed by atoms with van der Waals surface area (Å²) in [5.74, 6) is 1.15. The molecule has 2 heterocycles. The van der Waals surface area contributed by atoms with E-state index in [0.717, 1.165) is 32.1 Å². The Morgan fingerprint density at radius 1 is 1.03 bits per heavy atom. The van der Waals surface area contributed by atoms with Gasteiger partial charge in [-0.3, -0.25) is 14.7 Å². The van der Waals surface area contributed by atoms with Crippen LogP contribution in [-0.4, -0.2) is 29.6 Å². The molecule has 0 radical (unpaired) electrons. The fraction of sp³-hybridized carbons (Fsp3) is 0.148. The van der Waals surface area contributed by atoms with Gasteiger partial charge in [0.05, 0.1) is 18.4 Å². The van der Waals surface area contributed by atoms with Crippen LogP contribution >= 0.6 is 11.3 Å². The highest BCUT2D eigenvalue weighted by Crippen LogP contribution is 2.37. The smallest absolute Gasteiger partial charge is 0.267 e. The van der Waals surface area contributed by atoms with E-state index < -0.39 is 0 Å². The SMILES string of the molecule is COc1ccc(C)c2sc(N(Cc3cccnc3)C(=O)COc3ccc4ccccc4c3)nc12. The lowest BCUT2D eigenvalue weighted by molar-refractivity contribution is -0.120. The summed E-state index contributed by atoms with van der Waals surface area (Å²) in [6.45, 7) is 2.26. The molecule has 0 unspecified atom stereocenters. The molecule has 0 aliphatic heterocycles. The molecule has 0 aliphatic carbocycles. The van der Waals surface area contributed by atoms with E-state index in [1.54, 1.807) is 24.4 Å². The van der Waals surface area contributed by atoms with Gasteiger partial charge in [-0.15, -0.1) is 0 Å². The third-order valence-corrected chi connectivity index (χ3v) is 6.80. The number of carbonyl (C=O) groups is 1. The minimum absolute atomic E-state index is 0.107. The van der Waals surface area contributed by atoms with Crippen molar-refractivity contribution in [2.24, 2.45) is 0 Å². The first-order valence-electron chi connectivity index (χ1n) is 10.9. The quantitative estimate of drug-likeness (QED) is 0.303. The molecule has 6 nitrogen and oxygen atoms in total. The molecular formula is C27H23N3O3S. The summed E-state index contributed by atoms with van der Waals surface area (Å²) < 4.78 is 12.4. The van der Waals surface area contributed by atoms with E-state index >= 15 is 0 Å². The zero-order valence-electron chi connectivity index (χ0n) is 18.9. The van der Waals surface area contributed by atoms with Crippen LogP contribution in [0.4, 0.5) is 5.13 Å². The Morgan fingerprint density at radius 2 is 1.88 bits per heavy atom. The van der Waals surface area contributed by atoms with Crippen LogP contribution in [0.3, 0.4) is 0 Å². The third-order valence-electron chi connectivity index (χ3n) is 5.59. The first-order valence-corrected chi connectivity index (χ1v) is 11.7. The van der Waals surface area contributed by atoms with Crippen molar-refractivity contribution in [1.82, 2.24) is 9.97 Å². The van der Waals surface area contributed by atoms with E-state index in [2.05, 4.69) is 4.98 Å². The molecule has 7 heteroatoms. The molecule has 0 saturated heterocycles. The van der Waals surface area contributed by atoms with E-state index in [4.69, 9.17) is 14.5 Å². The predicted molar refractivity (Wildman–Crippen MR) is 136 cm³/mol. The Bertz CT molecular complexity index is 1470. The lowest BCUT2D eigenvalue weighted by atomic mass is 10.1. The van der Waals surface area contributed by atoms with Crippen molar-refractivity contribution in [1.29, 1.82) is 0 Å². The summed E-state index contributed by atoms with van der Waals surface area (Å²) in [6, 6.07) is 21.6. The van der Waals surface area contributed by atoms with Crippen LogP contribution in [0.25, 0.3) is 21.0 Å². The van der Waals surface area contributed by atoms with E-state index in [9.17, 15) is 4.79 Å². The van der Waals surface area contributed by atoms with Gasteiger partial charge in [0.1, 0.15) is 17.0 Å². The molecule has 34 heavy (non-hydrogen) atoms. The normalized spacial score (nSPS) is 11.0. The molecule has 5 rings (SSSR count). The van der Waals surface area contributed by atoms with Gasteiger partial charge in [-0.2, -0.15) is 0 Å². The highest BCUT2D eigenvalue weighted by Gasteiger charge is 2.23. The van der Waals surface area contributed by atoms with Crippen molar-refractivity contribution >= 4 is 43.4 Å². The van der Waals surface area contributed by atoms with E-state index in [0.29, 0.717) is 23.2 Å². The number of benzene rings is 3. The largest absolute Gasteiger partial charge is 0.494 e. The molecule has 1 amide bonds. The first kappa shape index (κ1) is 21.9. The number of methoxy groups -OCH3 is 1. The van der Waals surface area contributed by atoms with Crippen LogP contribution in [0.1, 0.15) is 11.1 Å². The zero-order chi connectivity index (χ0) is 23.5. The van der Waals surface area contributed by atoms with Gasteiger partial charge >= 0.3 is 0 Å². The second-order valence-electron chi connectivity index (χ2n) is 7.90. The number of amides is 1. The maximum atomic E-state index is 13.4. The van der Waals surface area contributed by atoms with Crippen molar-refractivity contribution in [3.05, 3.63) is 90.3 Å². The number of aryl methyl sites for hydroxylation is 1. The van der Waals surface area contributed by atoms with Gasteiger partial charge in [-0.25, -0.2) is 4.98 Å². The fourth-order valence-corrected chi connectivity index (χ4v) is 4.86. The summed E-state index contributed by atoms with van der Waals surface area (Å²) in [4.78, 5) is 24.0. The second-order valence-corrected chi connectivity index (χ2v) is 8.88. The molecule has 0 bridgehead atoms. The van der Waals surface area contributed by atoms with Crippen molar-refractivity contribution < 1.29 is 14.3 Å². The highest BCUT2D eigenvalue weighted by atomic mass is 32.1. The number of fused-ring (bicyclic) bond motifs is 2. The maximum absolute atomic E-state index is 13.4. The number of nitrogens with zero attached hydrogens (tertiary/aromatic N) is 3. The Kier molecular flexibility index (Phi) is 6.10. The van der Waals surface area contributed by atoms with Crippen molar-refractivity contribution in [3.8, 4) is 11.5 Å². The van der Waals surface area contributed by atoms with Gasteiger partial charge < -0.3 is 9.47 Å². The number of carbonyl (C=O) groups excluding carboxylic acids is 1. The van der Waals surface area contributed by atoms with Gasteiger partial charge in [0, 0.05) is 12.4 Å². The number of aromatic nitrogens is 2. The van der Waals surface area contributed by atoms with Crippen LogP contribution < -0.4 is 14.4 Å². The summed E-state index contributed by atoms with van der Waals surface area (Å²) >= 11 is 1.47. The minimum atomic E-state index is -0.187. The lowest BCUT2D eigenvalue weighted by Crippen LogP contribution is -2.34. The van der Waals surface area contributed by atoms with Crippen LogP contribution in [0, 0.1) is 6.92 Å². The lowest BCUT2D eigenvalue weighted by Gasteiger charge is -2.20. The van der Waals surface area contributed by atoms with Crippen molar-refractivity contribution in [3.63, 3.8) is 0 Å². The minimum Gasteiger partial charge on any atom is -0.494 e. The number of pyridine rings is 1. The Balaban J connectivity index is 1.45.